The summed E-state index contributed by atoms with van der Waals surface area (Å²) in [5.74, 6) is 0. The quantitative estimate of drug-likeness (QED) is 0.788. The maximum atomic E-state index is 4.45. The van der Waals surface area contributed by atoms with E-state index in [1.807, 2.05) is 5.51 Å². The number of rotatable bonds is 1. The summed E-state index contributed by atoms with van der Waals surface area (Å²) in [6, 6.07) is 1.39. The van der Waals surface area contributed by atoms with Crippen molar-refractivity contribution in [1.82, 2.24) is 9.88 Å². The zero-order valence-corrected chi connectivity index (χ0v) is 11.0. The predicted molar refractivity (Wildman–Crippen MR) is 67.0 cm³/mol. The number of aromatic nitrogens is 1. The molecule has 2 unspecified atom stereocenters. The average Bonchev–Trinajstić information content (AvgIpc) is 2.70. The smallest absolute Gasteiger partial charge is 0.0973 e. The van der Waals surface area contributed by atoms with Crippen LogP contribution in [0.1, 0.15) is 25.0 Å². The minimum atomic E-state index is 0.646. The van der Waals surface area contributed by atoms with Gasteiger partial charge in [0.25, 0.3) is 0 Å². The van der Waals surface area contributed by atoms with Crippen molar-refractivity contribution in [3.8, 4) is 0 Å². The Balaban J connectivity index is 1.97. The molecule has 0 radical (unpaired) electrons. The topological polar surface area (TPSA) is 16.1 Å². The van der Waals surface area contributed by atoms with Crippen molar-refractivity contribution >= 4 is 32.8 Å². The lowest BCUT2D eigenvalue weighted by molar-refractivity contribution is 0.264. The number of hydrogen-bond acceptors (Lipinski definition) is 3. The minimum Gasteiger partial charge on any atom is -0.297 e. The molecule has 4 heteroatoms. The number of likely N-dealkylation sites (N-methyl/N-ethyl adjacent to an activating group) is 1. The summed E-state index contributed by atoms with van der Waals surface area (Å²) < 4.78 is 1.18. The van der Waals surface area contributed by atoms with Gasteiger partial charge in [-0.1, -0.05) is 6.08 Å². The van der Waals surface area contributed by atoms with E-state index in [9.17, 15) is 0 Å². The molecule has 3 heterocycles. The Kier molecular flexibility index (Phi) is 2.45. The molecule has 1 fully saturated rings. The SMILES string of the molecule is CN1C2C=C(c3ncsc3Br)CC1CC2. The Morgan fingerprint density at radius 2 is 2.40 bits per heavy atom. The van der Waals surface area contributed by atoms with E-state index >= 15 is 0 Å². The van der Waals surface area contributed by atoms with Crippen LogP contribution in [0, 0.1) is 0 Å². The van der Waals surface area contributed by atoms with Crippen LogP contribution in [-0.4, -0.2) is 29.0 Å². The van der Waals surface area contributed by atoms with Crippen LogP contribution in [0.3, 0.4) is 0 Å². The van der Waals surface area contributed by atoms with E-state index in [4.69, 9.17) is 0 Å². The highest BCUT2D eigenvalue weighted by Crippen LogP contribution is 2.39. The first-order valence-corrected chi connectivity index (χ1v) is 6.95. The van der Waals surface area contributed by atoms with Crippen molar-refractivity contribution in [3.63, 3.8) is 0 Å². The first-order chi connectivity index (χ1) is 7.25. The Bertz CT molecular complexity index is 412. The minimum absolute atomic E-state index is 0.646. The first kappa shape index (κ1) is 10.00. The van der Waals surface area contributed by atoms with Gasteiger partial charge in [-0.25, -0.2) is 4.98 Å². The van der Waals surface area contributed by atoms with E-state index in [1.165, 1.54) is 27.9 Å². The molecule has 15 heavy (non-hydrogen) atoms. The lowest BCUT2D eigenvalue weighted by Gasteiger charge is -2.29. The Morgan fingerprint density at radius 3 is 3.07 bits per heavy atom. The molecule has 0 spiro atoms. The van der Waals surface area contributed by atoms with E-state index in [0.29, 0.717) is 6.04 Å². The first-order valence-electron chi connectivity index (χ1n) is 5.27. The fraction of sp³-hybridized carbons (Fsp3) is 0.545. The molecule has 2 atom stereocenters. The van der Waals surface area contributed by atoms with Crippen molar-refractivity contribution in [2.75, 3.05) is 7.05 Å². The van der Waals surface area contributed by atoms with Gasteiger partial charge in [0, 0.05) is 12.1 Å². The number of hydrogen-bond donors (Lipinski definition) is 0. The maximum Gasteiger partial charge on any atom is 0.0973 e. The Labute approximate surface area is 102 Å². The molecular formula is C11H13BrN2S. The summed E-state index contributed by atoms with van der Waals surface area (Å²) >= 11 is 5.25. The maximum absolute atomic E-state index is 4.45. The predicted octanol–water partition coefficient (Wildman–Crippen LogP) is 3.16. The Morgan fingerprint density at radius 1 is 1.53 bits per heavy atom. The summed E-state index contributed by atoms with van der Waals surface area (Å²) in [6.07, 6.45) is 6.22. The second-order valence-corrected chi connectivity index (χ2v) is 6.51. The number of halogens is 1. The number of thiazole rings is 1. The van der Waals surface area contributed by atoms with Crippen LogP contribution < -0.4 is 0 Å². The molecule has 2 nitrogen and oxygen atoms in total. The molecule has 1 aromatic rings. The van der Waals surface area contributed by atoms with Crippen LogP contribution in [0.4, 0.5) is 0 Å². The number of fused-ring (bicyclic) bond motifs is 2. The van der Waals surface area contributed by atoms with E-state index in [0.717, 1.165) is 12.5 Å². The second kappa shape index (κ2) is 3.68. The van der Waals surface area contributed by atoms with Crippen LogP contribution >= 0.6 is 27.3 Å². The highest BCUT2D eigenvalue weighted by atomic mass is 79.9. The van der Waals surface area contributed by atoms with Gasteiger partial charge in [-0.2, -0.15) is 0 Å². The van der Waals surface area contributed by atoms with Gasteiger partial charge < -0.3 is 0 Å². The monoisotopic (exact) mass is 284 g/mol. The van der Waals surface area contributed by atoms with E-state index in [1.54, 1.807) is 11.3 Å². The lowest BCUT2D eigenvalue weighted by Crippen LogP contribution is -2.34. The summed E-state index contributed by atoms with van der Waals surface area (Å²) in [5, 5.41) is 0. The number of nitrogens with zero attached hydrogens (tertiary/aromatic N) is 2. The molecule has 2 bridgehead atoms. The summed E-state index contributed by atoms with van der Waals surface area (Å²) in [7, 11) is 2.24. The largest absolute Gasteiger partial charge is 0.297 e. The third kappa shape index (κ3) is 1.59. The molecular weight excluding hydrogens is 272 g/mol. The van der Waals surface area contributed by atoms with Gasteiger partial charge in [0.2, 0.25) is 0 Å². The summed E-state index contributed by atoms with van der Waals surface area (Å²) in [5.41, 5.74) is 4.53. The molecule has 1 saturated heterocycles. The van der Waals surface area contributed by atoms with Crippen LogP contribution in [0.25, 0.3) is 5.57 Å². The van der Waals surface area contributed by atoms with Crippen molar-refractivity contribution in [3.05, 3.63) is 21.1 Å². The van der Waals surface area contributed by atoms with Gasteiger partial charge in [0.1, 0.15) is 0 Å². The van der Waals surface area contributed by atoms with Crippen molar-refractivity contribution in [1.29, 1.82) is 0 Å². The molecule has 80 valence electrons. The van der Waals surface area contributed by atoms with Crippen LogP contribution in [0.2, 0.25) is 0 Å². The van der Waals surface area contributed by atoms with Gasteiger partial charge in [0.05, 0.1) is 15.0 Å². The van der Waals surface area contributed by atoms with Gasteiger partial charge in [0.15, 0.2) is 0 Å². The van der Waals surface area contributed by atoms with Crippen molar-refractivity contribution < 1.29 is 0 Å². The zero-order valence-electron chi connectivity index (χ0n) is 8.61. The molecule has 1 aromatic heterocycles. The fourth-order valence-corrected chi connectivity index (χ4v) is 3.81. The molecule has 0 N–H and O–H groups in total. The molecule has 0 amide bonds. The summed E-state index contributed by atoms with van der Waals surface area (Å²) in [6.45, 7) is 0. The summed E-state index contributed by atoms with van der Waals surface area (Å²) in [4.78, 5) is 6.95. The lowest BCUT2D eigenvalue weighted by atomic mass is 10.00. The third-order valence-corrected chi connectivity index (χ3v) is 5.12. The van der Waals surface area contributed by atoms with Gasteiger partial charge >= 0.3 is 0 Å². The van der Waals surface area contributed by atoms with Gasteiger partial charge in [-0.15, -0.1) is 11.3 Å². The molecule has 0 saturated carbocycles. The van der Waals surface area contributed by atoms with Crippen LogP contribution in [0.15, 0.2) is 15.4 Å². The van der Waals surface area contributed by atoms with Crippen LogP contribution in [-0.2, 0) is 0 Å². The molecule has 2 aliphatic rings. The molecule has 0 aliphatic carbocycles. The highest BCUT2D eigenvalue weighted by Gasteiger charge is 2.34. The van der Waals surface area contributed by atoms with Crippen LogP contribution in [0.5, 0.6) is 0 Å². The van der Waals surface area contributed by atoms with Gasteiger partial charge in [-0.05, 0) is 47.8 Å². The fourth-order valence-electron chi connectivity index (χ4n) is 2.66. The standard InChI is InChI=1S/C11H13BrN2S/c1-14-8-2-3-9(14)5-7(4-8)10-11(12)15-6-13-10/h4,6,8-9H,2-3,5H2,1H3. The molecule has 2 aliphatic heterocycles. The second-order valence-electron chi connectivity index (χ2n) is 4.33. The van der Waals surface area contributed by atoms with E-state index in [2.05, 4.69) is 38.9 Å². The average molecular weight is 285 g/mol. The van der Waals surface area contributed by atoms with Crippen molar-refractivity contribution in [2.45, 2.75) is 31.3 Å². The Hall–Kier alpha value is -0.190. The van der Waals surface area contributed by atoms with E-state index < -0.39 is 0 Å². The molecule has 3 rings (SSSR count). The van der Waals surface area contributed by atoms with Gasteiger partial charge in [-0.3, -0.25) is 4.90 Å². The third-order valence-electron chi connectivity index (χ3n) is 3.57. The zero-order chi connectivity index (χ0) is 10.4. The normalized spacial score (nSPS) is 30.7. The van der Waals surface area contributed by atoms with E-state index in [-0.39, 0.29) is 0 Å². The molecule has 0 aromatic carbocycles. The highest BCUT2D eigenvalue weighted by molar-refractivity contribution is 9.11. The van der Waals surface area contributed by atoms with Crippen molar-refractivity contribution in [2.24, 2.45) is 0 Å².